The fraction of sp³-hybridized carbons (Fsp3) is 0.0952. The van der Waals surface area contributed by atoms with Crippen molar-refractivity contribution in [1.29, 1.82) is 0 Å². The first-order chi connectivity index (χ1) is 13.9. The van der Waals surface area contributed by atoms with Gasteiger partial charge in [-0.05, 0) is 59.8 Å². The van der Waals surface area contributed by atoms with Gasteiger partial charge in [0.1, 0.15) is 5.75 Å². The first kappa shape index (κ1) is 19.4. The zero-order chi connectivity index (χ0) is 20.5. The third-order valence-corrected chi connectivity index (χ3v) is 5.74. The summed E-state index contributed by atoms with van der Waals surface area (Å²) < 4.78 is 34.0. The lowest BCUT2D eigenvalue weighted by atomic mass is 10.0. The van der Waals surface area contributed by atoms with Crippen LogP contribution in [-0.2, 0) is 6.42 Å². The molecule has 4 rings (SSSR count). The van der Waals surface area contributed by atoms with Crippen molar-refractivity contribution in [3.05, 3.63) is 91.8 Å². The predicted molar refractivity (Wildman–Crippen MR) is 109 cm³/mol. The van der Waals surface area contributed by atoms with Crippen molar-refractivity contribution in [3.63, 3.8) is 0 Å². The largest absolute Gasteiger partial charge is 0.436 e. The number of aromatic nitrogens is 2. The maximum atomic E-state index is 14.2. The number of nitrogens with zero attached hydrogens (tertiary/aromatic N) is 2. The van der Waals surface area contributed by atoms with Crippen molar-refractivity contribution < 1.29 is 13.5 Å². The highest BCUT2D eigenvalue weighted by molar-refractivity contribution is 7.16. The maximum absolute atomic E-state index is 14.2. The van der Waals surface area contributed by atoms with Crippen LogP contribution in [0.25, 0.3) is 10.1 Å². The average Bonchev–Trinajstić information content (AvgIpc) is 2.70. The molecule has 0 unspecified atom stereocenters. The quantitative estimate of drug-likeness (QED) is 0.391. The maximum Gasteiger partial charge on any atom is 0.255 e. The third-order valence-electron chi connectivity index (χ3n) is 4.49. The van der Waals surface area contributed by atoms with E-state index in [0.29, 0.717) is 21.6 Å². The Morgan fingerprint density at radius 1 is 1.14 bits per heavy atom. The van der Waals surface area contributed by atoms with Gasteiger partial charge in [-0.15, -0.1) is 0 Å². The summed E-state index contributed by atoms with van der Waals surface area (Å²) in [6.07, 6.45) is 2.95. The topological polar surface area (TPSA) is 52.1 Å². The molecular weight excluding hydrogens is 418 g/mol. The summed E-state index contributed by atoms with van der Waals surface area (Å²) in [4.78, 5) is 20.3. The molecule has 29 heavy (non-hydrogen) atoms. The summed E-state index contributed by atoms with van der Waals surface area (Å²) in [5.41, 5.74) is 1.54. The molecule has 0 aliphatic heterocycles. The molecule has 4 aromatic rings. The van der Waals surface area contributed by atoms with E-state index in [1.54, 1.807) is 18.2 Å². The van der Waals surface area contributed by atoms with Crippen molar-refractivity contribution in [2.45, 2.75) is 13.3 Å². The number of halogens is 3. The lowest BCUT2D eigenvalue weighted by Gasteiger charge is -2.11. The smallest absolute Gasteiger partial charge is 0.255 e. The number of hydrogen-bond donors (Lipinski definition) is 0. The molecule has 0 aliphatic carbocycles. The van der Waals surface area contributed by atoms with Gasteiger partial charge in [0, 0.05) is 29.1 Å². The van der Waals surface area contributed by atoms with Gasteiger partial charge in [0.2, 0.25) is 4.74 Å². The van der Waals surface area contributed by atoms with Crippen molar-refractivity contribution >= 4 is 33.0 Å². The molecule has 8 heteroatoms. The monoisotopic (exact) mass is 430 g/mol. The highest BCUT2D eigenvalue weighted by atomic mass is 35.5. The summed E-state index contributed by atoms with van der Waals surface area (Å²) in [6, 6.07) is 9.36. The third kappa shape index (κ3) is 3.83. The number of benzene rings is 1. The Labute approximate surface area is 173 Å². The van der Waals surface area contributed by atoms with E-state index >= 15 is 0 Å². The van der Waals surface area contributed by atoms with Gasteiger partial charge in [-0.1, -0.05) is 22.9 Å². The summed E-state index contributed by atoms with van der Waals surface area (Å²) in [5, 5.41) is 0.611. The summed E-state index contributed by atoms with van der Waals surface area (Å²) >= 11 is 6.76. The molecule has 0 bridgehead atoms. The van der Waals surface area contributed by atoms with Crippen LogP contribution in [0.5, 0.6) is 11.6 Å². The molecule has 0 amide bonds. The zero-order valence-electron chi connectivity index (χ0n) is 15.1. The molecule has 0 aliphatic rings. The second-order valence-corrected chi connectivity index (χ2v) is 7.67. The Morgan fingerprint density at radius 2 is 1.97 bits per heavy atom. The molecule has 3 heterocycles. The lowest BCUT2D eigenvalue weighted by molar-refractivity contribution is 0.423. The van der Waals surface area contributed by atoms with E-state index in [4.69, 9.17) is 16.3 Å². The van der Waals surface area contributed by atoms with E-state index in [1.165, 1.54) is 30.6 Å². The number of hydrogen-bond acceptors (Lipinski definition) is 5. The summed E-state index contributed by atoms with van der Waals surface area (Å²) in [6.45, 7) is 1.81. The predicted octanol–water partition coefficient (Wildman–Crippen LogP) is 5.67. The average molecular weight is 431 g/mol. The number of pyridine rings is 2. The van der Waals surface area contributed by atoms with Crippen LogP contribution in [0.15, 0.2) is 53.6 Å². The van der Waals surface area contributed by atoms with Gasteiger partial charge in [0.15, 0.2) is 16.8 Å². The van der Waals surface area contributed by atoms with Crippen LogP contribution in [-0.4, -0.2) is 9.97 Å². The van der Waals surface area contributed by atoms with Crippen LogP contribution < -0.4 is 9.48 Å². The standard InChI is InChI=1S/C21H13ClF2N2O2S/c1-11-14-5-4-13(28-20-16(23)3-2-7-26-20)10-17(14)29-21(27)15(11)9-12-6-8-25-19(22)18(12)24/h2-8,10H,9H2,1H3. The molecule has 1 aromatic carbocycles. The Kier molecular flexibility index (Phi) is 5.25. The molecule has 4 nitrogen and oxygen atoms in total. The van der Waals surface area contributed by atoms with Gasteiger partial charge < -0.3 is 4.74 Å². The minimum atomic E-state index is -0.626. The SMILES string of the molecule is Cc1c(Cc2ccnc(Cl)c2F)c(=O)sc2cc(Oc3ncccc3F)ccc12. The fourth-order valence-electron chi connectivity index (χ4n) is 2.98. The van der Waals surface area contributed by atoms with Crippen LogP contribution in [0.4, 0.5) is 8.78 Å². The number of aryl methyl sites for hydroxylation is 1. The molecule has 3 aromatic heterocycles. The van der Waals surface area contributed by atoms with Crippen LogP contribution in [0, 0.1) is 18.6 Å². The Hall–Kier alpha value is -2.90. The van der Waals surface area contributed by atoms with Crippen LogP contribution in [0.2, 0.25) is 5.15 Å². The normalized spacial score (nSPS) is 11.0. The Morgan fingerprint density at radius 3 is 2.76 bits per heavy atom. The Balaban J connectivity index is 1.73. The molecule has 0 spiro atoms. The molecule has 0 saturated heterocycles. The molecule has 0 N–H and O–H groups in total. The van der Waals surface area contributed by atoms with Crippen molar-refractivity contribution in [1.82, 2.24) is 9.97 Å². The first-order valence-corrected chi connectivity index (χ1v) is 9.77. The number of rotatable bonds is 4. The minimum absolute atomic E-state index is 0.114. The van der Waals surface area contributed by atoms with Crippen LogP contribution >= 0.6 is 22.9 Å². The summed E-state index contributed by atoms with van der Waals surface area (Å²) in [7, 11) is 0. The van der Waals surface area contributed by atoms with Gasteiger partial charge in [0.25, 0.3) is 5.88 Å². The van der Waals surface area contributed by atoms with Gasteiger partial charge >= 0.3 is 0 Å². The van der Waals surface area contributed by atoms with Crippen LogP contribution in [0.1, 0.15) is 16.7 Å². The first-order valence-electron chi connectivity index (χ1n) is 8.57. The van der Waals surface area contributed by atoms with E-state index in [2.05, 4.69) is 9.97 Å². The van der Waals surface area contributed by atoms with E-state index in [-0.39, 0.29) is 22.2 Å². The van der Waals surface area contributed by atoms with E-state index in [9.17, 15) is 13.6 Å². The number of fused-ring (bicyclic) bond motifs is 1. The second-order valence-electron chi connectivity index (χ2n) is 6.30. The van der Waals surface area contributed by atoms with Gasteiger partial charge in [-0.25, -0.2) is 18.7 Å². The molecule has 0 radical (unpaired) electrons. The molecular formula is C21H13ClF2N2O2S. The van der Waals surface area contributed by atoms with Gasteiger partial charge in [0.05, 0.1) is 0 Å². The molecule has 0 saturated carbocycles. The minimum Gasteiger partial charge on any atom is -0.436 e. The summed E-state index contributed by atoms with van der Waals surface area (Å²) in [5.74, 6) is -0.980. The second kappa shape index (κ2) is 7.85. The van der Waals surface area contributed by atoms with Gasteiger partial charge in [-0.2, -0.15) is 0 Å². The highest BCUT2D eigenvalue weighted by Crippen LogP contribution is 2.30. The lowest BCUT2D eigenvalue weighted by Crippen LogP contribution is -2.09. The Bertz CT molecular complexity index is 1290. The van der Waals surface area contributed by atoms with E-state index in [0.717, 1.165) is 22.3 Å². The van der Waals surface area contributed by atoms with Crippen molar-refractivity contribution in [3.8, 4) is 11.6 Å². The highest BCUT2D eigenvalue weighted by Gasteiger charge is 2.15. The van der Waals surface area contributed by atoms with Crippen molar-refractivity contribution in [2.24, 2.45) is 0 Å². The van der Waals surface area contributed by atoms with E-state index < -0.39 is 11.6 Å². The van der Waals surface area contributed by atoms with E-state index in [1.807, 2.05) is 6.92 Å². The number of ether oxygens (including phenoxy) is 1. The van der Waals surface area contributed by atoms with Crippen LogP contribution in [0.3, 0.4) is 0 Å². The van der Waals surface area contributed by atoms with Crippen molar-refractivity contribution in [2.75, 3.05) is 0 Å². The molecule has 146 valence electrons. The fourth-order valence-corrected chi connectivity index (χ4v) is 4.21. The zero-order valence-corrected chi connectivity index (χ0v) is 16.7. The van der Waals surface area contributed by atoms with Gasteiger partial charge in [-0.3, -0.25) is 4.79 Å². The molecule has 0 atom stereocenters. The molecule has 0 fully saturated rings.